The molecular formula is C9H14N2O5S. The Balaban J connectivity index is 2.03. The van der Waals surface area contributed by atoms with Gasteiger partial charge in [-0.25, -0.2) is 8.42 Å². The van der Waals surface area contributed by atoms with Crippen molar-refractivity contribution in [2.45, 2.75) is 18.9 Å². The molecule has 17 heavy (non-hydrogen) atoms. The van der Waals surface area contributed by atoms with Gasteiger partial charge in [0.1, 0.15) is 0 Å². The van der Waals surface area contributed by atoms with E-state index in [1.54, 1.807) is 0 Å². The summed E-state index contributed by atoms with van der Waals surface area (Å²) in [5.74, 6) is -1.33. The molecule has 7 nitrogen and oxygen atoms in total. The maximum absolute atomic E-state index is 11.9. The molecule has 1 N–H and O–H groups in total. The minimum atomic E-state index is -3.61. The number of carbonyl (C=O) groups excluding carboxylic acids is 2. The van der Waals surface area contributed by atoms with E-state index in [2.05, 4.69) is 5.32 Å². The summed E-state index contributed by atoms with van der Waals surface area (Å²) >= 11 is 0. The van der Waals surface area contributed by atoms with E-state index in [-0.39, 0.29) is 24.9 Å². The highest BCUT2D eigenvalue weighted by Gasteiger charge is 2.34. The first kappa shape index (κ1) is 12.5. The number of carbonyl (C=O) groups is 2. The molecular weight excluding hydrogens is 248 g/mol. The molecule has 2 heterocycles. The second-order valence-corrected chi connectivity index (χ2v) is 6.17. The van der Waals surface area contributed by atoms with Gasteiger partial charge in [-0.2, -0.15) is 4.31 Å². The first-order valence-corrected chi connectivity index (χ1v) is 7.00. The van der Waals surface area contributed by atoms with Crippen LogP contribution in [0.1, 0.15) is 12.8 Å². The SMILES string of the molecule is O=C1CN(S(=O)(=O)CC2CCCO2)CC(=O)N1. The average Bonchev–Trinajstić information content (AvgIpc) is 2.68. The van der Waals surface area contributed by atoms with Gasteiger partial charge >= 0.3 is 0 Å². The summed E-state index contributed by atoms with van der Waals surface area (Å²) in [5.41, 5.74) is 0. The van der Waals surface area contributed by atoms with E-state index in [0.29, 0.717) is 13.0 Å². The molecule has 0 radical (unpaired) electrons. The monoisotopic (exact) mass is 262 g/mol. The fraction of sp³-hybridized carbons (Fsp3) is 0.778. The molecule has 1 unspecified atom stereocenters. The van der Waals surface area contributed by atoms with Gasteiger partial charge in [-0.05, 0) is 12.8 Å². The summed E-state index contributed by atoms with van der Waals surface area (Å²) in [6.45, 7) is -0.0127. The van der Waals surface area contributed by atoms with E-state index in [1.165, 1.54) is 0 Å². The quantitative estimate of drug-likeness (QED) is 0.622. The Kier molecular flexibility index (Phi) is 3.45. The number of ether oxygens (including phenoxy) is 1. The lowest BCUT2D eigenvalue weighted by Gasteiger charge is -2.25. The third-order valence-electron chi connectivity index (χ3n) is 2.73. The van der Waals surface area contributed by atoms with Crippen molar-refractivity contribution in [3.05, 3.63) is 0 Å². The third-order valence-corrected chi connectivity index (χ3v) is 4.57. The lowest BCUT2D eigenvalue weighted by Crippen LogP contribution is -2.54. The molecule has 1 atom stereocenters. The lowest BCUT2D eigenvalue weighted by molar-refractivity contribution is -0.134. The highest BCUT2D eigenvalue weighted by molar-refractivity contribution is 7.89. The molecule has 2 saturated heterocycles. The van der Waals surface area contributed by atoms with Crippen molar-refractivity contribution < 1.29 is 22.7 Å². The molecule has 2 fully saturated rings. The van der Waals surface area contributed by atoms with E-state index >= 15 is 0 Å². The zero-order valence-electron chi connectivity index (χ0n) is 9.22. The van der Waals surface area contributed by atoms with E-state index in [1.807, 2.05) is 0 Å². The van der Waals surface area contributed by atoms with Gasteiger partial charge in [-0.1, -0.05) is 0 Å². The normalized spacial score (nSPS) is 27.2. The Bertz CT molecular complexity index is 411. The van der Waals surface area contributed by atoms with Crippen molar-refractivity contribution in [1.29, 1.82) is 0 Å². The Morgan fingerprint density at radius 2 is 1.94 bits per heavy atom. The molecule has 0 aromatic rings. The molecule has 0 spiro atoms. The van der Waals surface area contributed by atoms with Crippen LogP contribution in [0.5, 0.6) is 0 Å². The van der Waals surface area contributed by atoms with E-state index in [0.717, 1.165) is 10.7 Å². The molecule has 2 rings (SSSR count). The number of nitrogens with one attached hydrogen (secondary N) is 1. The van der Waals surface area contributed by atoms with Gasteiger partial charge in [-0.15, -0.1) is 0 Å². The standard InChI is InChI=1S/C9H14N2O5S/c12-8-4-11(5-9(13)10-8)17(14,15)6-7-2-1-3-16-7/h7H,1-6H2,(H,10,12,13). The first-order valence-electron chi connectivity index (χ1n) is 5.39. The summed E-state index contributed by atoms with van der Waals surface area (Å²) in [6, 6.07) is 0. The van der Waals surface area contributed by atoms with E-state index < -0.39 is 21.8 Å². The van der Waals surface area contributed by atoms with Crippen molar-refractivity contribution in [3.8, 4) is 0 Å². The summed E-state index contributed by atoms with van der Waals surface area (Å²) in [4.78, 5) is 22.2. The maximum Gasteiger partial charge on any atom is 0.241 e. The number of hydrogen-bond donors (Lipinski definition) is 1. The Labute approximate surface area is 99.2 Å². The fourth-order valence-corrected chi connectivity index (χ4v) is 3.50. The first-order chi connectivity index (χ1) is 7.97. The minimum Gasteiger partial charge on any atom is -0.377 e. The van der Waals surface area contributed by atoms with Crippen LogP contribution in [0.3, 0.4) is 0 Å². The third kappa shape index (κ3) is 3.02. The van der Waals surface area contributed by atoms with Gasteiger partial charge in [0.05, 0.1) is 24.9 Å². The zero-order valence-corrected chi connectivity index (χ0v) is 10.0. The molecule has 2 aliphatic rings. The van der Waals surface area contributed by atoms with Gasteiger partial charge in [0.25, 0.3) is 0 Å². The highest BCUT2D eigenvalue weighted by atomic mass is 32.2. The minimum absolute atomic E-state index is 0.159. The zero-order chi connectivity index (χ0) is 12.5. The molecule has 0 bridgehead atoms. The second-order valence-electron chi connectivity index (χ2n) is 4.15. The molecule has 0 aromatic heterocycles. The molecule has 96 valence electrons. The number of piperazine rings is 1. The van der Waals surface area contributed by atoms with Gasteiger partial charge in [0.2, 0.25) is 21.8 Å². The number of amides is 2. The predicted octanol–water partition coefficient (Wildman–Crippen LogP) is -1.55. The van der Waals surface area contributed by atoms with Crippen LogP contribution in [-0.2, 0) is 24.3 Å². The van der Waals surface area contributed by atoms with Gasteiger partial charge in [-0.3, -0.25) is 14.9 Å². The average molecular weight is 262 g/mol. The largest absolute Gasteiger partial charge is 0.377 e. The summed E-state index contributed by atoms with van der Waals surface area (Å²) in [6.07, 6.45) is 1.23. The van der Waals surface area contributed by atoms with Crippen LogP contribution in [0.2, 0.25) is 0 Å². The molecule has 0 saturated carbocycles. The smallest absolute Gasteiger partial charge is 0.241 e. The highest BCUT2D eigenvalue weighted by Crippen LogP contribution is 2.16. The van der Waals surface area contributed by atoms with Crippen LogP contribution in [0.15, 0.2) is 0 Å². The molecule has 0 aromatic carbocycles. The Morgan fingerprint density at radius 1 is 1.29 bits per heavy atom. The van der Waals surface area contributed by atoms with Crippen molar-refractivity contribution in [1.82, 2.24) is 9.62 Å². The van der Waals surface area contributed by atoms with Gasteiger partial charge in [0, 0.05) is 6.61 Å². The van der Waals surface area contributed by atoms with Crippen LogP contribution >= 0.6 is 0 Å². The lowest BCUT2D eigenvalue weighted by atomic mass is 10.3. The van der Waals surface area contributed by atoms with Crippen LogP contribution in [0.4, 0.5) is 0 Å². The van der Waals surface area contributed by atoms with Crippen molar-refractivity contribution in [2.75, 3.05) is 25.4 Å². The number of nitrogens with zero attached hydrogens (tertiary/aromatic N) is 1. The van der Waals surface area contributed by atoms with Crippen LogP contribution in [-0.4, -0.2) is 56.1 Å². The van der Waals surface area contributed by atoms with Crippen LogP contribution in [0, 0.1) is 0 Å². The van der Waals surface area contributed by atoms with E-state index in [9.17, 15) is 18.0 Å². The molecule has 2 aliphatic heterocycles. The Hall–Kier alpha value is -0.990. The summed E-state index contributed by atoms with van der Waals surface area (Å²) < 4.78 is 30.0. The fourth-order valence-electron chi connectivity index (χ4n) is 1.92. The van der Waals surface area contributed by atoms with Crippen LogP contribution < -0.4 is 5.32 Å². The topological polar surface area (TPSA) is 92.8 Å². The number of rotatable bonds is 3. The predicted molar refractivity (Wildman–Crippen MR) is 57.5 cm³/mol. The van der Waals surface area contributed by atoms with Gasteiger partial charge in [0.15, 0.2) is 0 Å². The van der Waals surface area contributed by atoms with Crippen molar-refractivity contribution in [2.24, 2.45) is 0 Å². The number of hydrogen-bond acceptors (Lipinski definition) is 5. The Morgan fingerprint density at radius 3 is 2.47 bits per heavy atom. The van der Waals surface area contributed by atoms with Crippen molar-refractivity contribution >= 4 is 21.8 Å². The second kappa shape index (κ2) is 4.71. The van der Waals surface area contributed by atoms with Crippen molar-refractivity contribution in [3.63, 3.8) is 0 Å². The number of sulfonamides is 1. The number of imide groups is 1. The summed E-state index contributed by atoms with van der Waals surface area (Å²) in [5, 5.41) is 2.06. The molecule has 0 aliphatic carbocycles. The van der Waals surface area contributed by atoms with Gasteiger partial charge < -0.3 is 4.74 Å². The molecule has 8 heteroatoms. The van der Waals surface area contributed by atoms with Crippen LogP contribution in [0.25, 0.3) is 0 Å². The van der Waals surface area contributed by atoms with E-state index in [4.69, 9.17) is 4.74 Å². The molecule has 2 amide bonds. The maximum atomic E-state index is 11.9. The summed E-state index contributed by atoms with van der Waals surface area (Å²) in [7, 11) is -3.61.